The summed E-state index contributed by atoms with van der Waals surface area (Å²) in [5.41, 5.74) is 0.738. The summed E-state index contributed by atoms with van der Waals surface area (Å²) in [4.78, 5) is 12.9. The molecule has 182 valence electrons. The Balaban J connectivity index is 1.88. The van der Waals surface area contributed by atoms with Crippen molar-refractivity contribution >= 4 is 41.7 Å². The van der Waals surface area contributed by atoms with E-state index in [-0.39, 0.29) is 33.1 Å². The third-order valence-corrected chi connectivity index (χ3v) is 7.01. The molecule has 0 aliphatic heterocycles. The second-order valence-corrected chi connectivity index (χ2v) is 10.6. The number of anilines is 1. The Labute approximate surface area is 204 Å². The minimum Gasteiger partial charge on any atom is -0.370 e. The quantitative estimate of drug-likeness (QED) is 0.221. The number of nitrogens with zero attached hydrogens (tertiary/aromatic N) is 3. The van der Waals surface area contributed by atoms with E-state index in [2.05, 4.69) is 20.3 Å². The van der Waals surface area contributed by atoms with Crippen molar-refractivity contribution in [3.05, 3.63) is 76.3 Å². The van der Waals surface area contributed by atoms with Crippen LogP contribution in [0.3, 0.4) is 0 Å². The van der Waals surface area contributed by atoms with E-state index in [1.165, 1.54) is 13.1 Å². The van der Waals surface area contributed by atoms with Gasteiger partial charge in [0.25, 0.3) is 6.43 Å². The van der Waals surface area contributed by atoms with Crippen molar-refractivity contribution in [1.29, 1.82) is 0 Å². The molecule has 3 heterocycles. The molecule has 1 atom stereocenters. The molecular weight excluding hydrogens is 506 g/mol. The highest BCUT2D eigenvalue weighted by Gasteiger charge is 2.29. The molecule has 1 N–H and O–H groups in total. The molecule has 35 heavy (non-hydrogen) atoms. The lowest BCUT2D eigenvalue weighted by Gasteiger charge is -2.22. The summed E-state index contributed by atoms with van der Waals surface area (Å²) in [5, 5.41) is 2.46. The van der Waals surface area contributed by atoms with Gasteiger partial charge in [-0.05, 0) is 38.5 Å². The first-order valence-corrected chi connectivity index (χ1v) is 13.0. The van der Waals surface area contributed by atoms with Gasteiger partial charge in [-0.1, -0.05) is 31.7 Å². The first-order chi connectivity index (χ1) is 16.6. The maximum atomic E-state index is 15.0. The Morgan fingerprint density at radius 3 is 2.37 bits per heavy atom. The monoisotopic (exact) mass is 524 g/mol. The zero-order valence-electron chi connectivity index (χ0n) is 18.8. The molecule has 0 bridgehead atoms. The molecule has 0 aliphatic rings. The summed E-state index contributed by atoms with van der Waals surface area (Å²) in [6.07, 6.45) is -1.66. The fourth-order valence-electron chi connectivity index (χ4n) is 3.58. The predicted molar refractivity (Wildman–Crippen MR) is 130 cm³/mol. The number of rotatable bonds is 6. The van der Waals surface area contributed by atoms with Gasteiger partial charge in [-0.15, -0.1) is 0 Å². The standard InChI is InChI=1S/C24H19ClF5N4P/c1-11-18(25)23(34-21(24(29)30)13-5-4-6-14(26)19(13)28)22-16(32-11)9-15(27)20(33-22)12-7-8-17(31-10-12)35(2)3/h4-10,21,24H,1-3H3,(H,32,34). The number of pyridine rings is 3. The van der Waals surface area contributed by atoms with Crippen molar-refractivity contribution < 1.29 is 22.0 Å². The summed E-state index contributed by atoms with van der Waals surface area (Å²) < 4.78 is 71.2. The zero-order valence-corrected chi connectivity index (χ0v) is 20.4. The number of halogens is 6. The summed E-state index contributed by atoms with van der Waals surface area (Å²) >= 11 is 6.39. The van der Waals surface area contributed by atoms with Gasteiger partial charge >= 0.3 is 0 Å². The smallest absolute Gasteiger partial charge is 0.262 e. The van der Waals surface area contributed by atoms with Gasteiger partial charge in [0.2, 0.25) is 0 Å². The van der Waals surface area contributed by atoms with E-state index in [1.807, 2.05) is 13.3 Å². The largest absolute Gasteiger partial charge is 0.370 e. The van der Waals surface area contributed by atoms with Crippen LogP contribution >= 0.6 is 19.5 Å². The van der Waals surface area contributed by atoms with Crippen molar-refractivity contribution in [2.24, 2.45) is 0 Å². The molecule has 11 heteroatoms. The molecule has 0 spiro atoms. The Hall–Kier alpha value is -2.90. The summed E-state index contributed by atoms with van der Waals surface area (Å²) in [6.45, 7) is 5.57. The van der Waals surface area contributed by atoms with Gasteiger partial charge in [-0.3, -0.25) is 4.98 Å². The number of alkyl halides is 2. The molecule has 3 aromatic heterocycles. The van der Waals surface area contributed by atoms with Gasteiger partial charge < -0.3 is 5.32 Å². The molecule has 4 aromatic rings. The Morgan fingerprint density at radius 2 is 1.74 bits per heavy atom. The van der Waals surface area contributed by atoms with E-state index < -0.39 is 43.4 Å². The number of benzene rings is 1. The highest BCUT2D eigenvalue weighted by Crippen LogP contribution is 2.38. The summed E-state index contributed by atoms with van der Waals surface area (Å²) in [7, 11) is -0.461. The molecule has 0 saturated carbocycles. The van der Waals surface area contributed by atoms with Gasteiger partial charge in [-0.25, -0.2) is 31.9 Å². The van der Waals surface area contributed by atoms with Gasteiger partial charge in [0, 0.05) is 23.4 Å². The van der Waals surface area contributed by atoms with E-state index in [1.54, 1.807) is 12.1 Å². The van der Waals surface area contributed by atoms with Crippen LogP contribution in [0.25, 0.3) is 22.3 Å². The SMILES string of the molecule is Cc1nc2cc(F)c(-c3ccc(P(C)C)nc3)nc2c(NC(c2cccc(F)c2F)C(F)F)c1Cl. The van der Waals surface area contributed by atoms with Crippen LogP contribution in [0, 0.1) is 24.4 Å². The molecule has 0 aliphatic carbocycles. The van der Waals surface area contributed by atoms with Crippen molar-refractivity contribution in [3.8, 4) is 11.3 Å². The summed E-state index contributed by atoms with van der Waals surface area (Å²) in [5.74, 6) is -3.36. The number of hydrogen-bond acceptors (Lipinski definition) is 4. The van der Waals surface area contributed by atoms with E-state index in [4.69, 9.17) is 11.6 Å². The van der Waals surface area contributed by atoms with Crippen LogP contribution in [-0.4, -0.2) is 34.7 Å². The number of nitrogens with one attached hydrogen (secondary N) is 1. The average Bonchev–Trinajstić information content (AvgIpc) is 2.81. The van der Waals surface area contributed by atoms with Crippen LogP contribution in [0.1, 0.15) is 17.3 Å². The van der Waals surface area contributed by atoms with E-state index >= 15 is 0 Å². The lowest BCUT2D eigenvalue weighted by atomic mass is 10.1. The minimum absolute atomic E-state index is 0.00299. The maximum absolute atomic E-state index is 15.0. The molecule has 1 aromatic carbocycles. The van der Waals surface area contributed by atoms with Crippen molar-refractivity contribution in [1.82, 2.24) is 15.0 Å². The molecule has 4 nitrogen and oxygen atoms in total. The van der Waals surface area contributed by atoms with E-state index in [9.17, 15) is 22.0 Å². The lowest BCUT2D eigenvalue weighted by Crippen LogP contribution is -2.21. The minimum atomic E-state index is -3.14. The first-order valence-electron chi connectivity index (χ1n) is 10.4. The molecule has 4 rings (SSSR count). The third kappa shape index (κ3) is 4.93. The van der Waals surface area contributed by atoms with Gasteiger partial charge in [0.05, 0.1) is 27.4 Å². The van der Waals surface area contributed by atoms with E-state index in [0.717, 1.165) is 29.7 Å². The highest BCUT2D eigenvalue weighted by atomic mass is 35.5. The Bertz CT molecular complexity index is 1400. The van der Waals surface area contributed by atoms with Gasteiger partial charge in [0.15, 0.2) is 17.5 Å². The third-order valence-electron chi connectivity index (χ3n) is 5.37. The topological polar surface area (TPSA) is 50.7 Å². The number of fused-ring (bicyclic) bond motifs is 1. The Morgan fingerprint density at radius 1 is 1.00 bits per heavy atom. The highest BCUT2D eigenvalue weighted by molar-refractivity contribution is 7.63. The maximum Gasteiger partial charge on any atom is 0.262 e. The average molecular weight is 525 g/mol. The fraction of sp³-hybridized carbons (Fsp3) is 0.208. The molecule has 1 unspecified atom stereocenters. The van der Waals surface area contributed by atoms with Gasteiger partial charge in [-0.2, -0.15) is 0 Å². The van der Waals surface area contributed by atoms with Crippen LogP contribution < -0.4 is 10.8 Å². The number of aromatic nitrogens is 3. The second kappa shape index (κ2) is 9.99. The molecule has 0 fully saturated rings. The van der Waals surface area contributed by atoms with Gasteiger partial charge in [0.1, 0.15) is 17.3 Å². The second-order valence-electron chi connectivity index (χ2n) is 7.97. The normalized spacial score (nSPS) is 12.5. The summed E-state index contributed by atoms with van der Waals surface area (Å²) in [6, 6.07) is 5.60. The van der Waals surface area contributed by atoms with Crippen molar-refractivity contribution in [2.45, 2.75) is 19.4 Å². The molecular formula is C24H19ClF5N4P. The van der Waals surface area contributed by atoms with Crippen LogP contribution in [0.2, 0.25) is 5.02 Å². The van der Waals surface area contributed by atoms with Crippen LogP contribution in [0.4, 0.5) is 27.6 Å². The molecule has 0 radical (unpaired) electrons. The number of aryl methyl sites for hydroxylation is 1. The van der Waals surface area contributed by atoms with Crippen LogP contribution in [0.15, 0.2) is 42.6 Å². The zero-order chi connectivity index (χ0) is 25.4. The van der Waals surface area contributed by atoms with E-state index in [0.29, 0.717) is 5.56 Å². The van der Waals surface area contributed by atoms with Crippen LogP contribution in [-0.2, 0) is 0 Å². The molecule has 0 saturated heterocycles. The van der Waals surface area contributed by atoms with Crippen molar-refractivity contribution in [2.75, 3.05) is 18.6 Å². The predicted octanol–water partition coefficient (Wildman–Crippen LogP) is 6.86. The lowest BCUT2D eigenvalue weighted by molar-refractivity contribution is 0.122. The Kier molecular flexibility index (Phi) is 7.20. The van der Waals surface area contributed by atoms with Crippen LogP contribution in [0.5, 0.6) is 0 Å². The fourth-order valence-corrected chi connectivity index (χ4v) is 4.43. The van der Waals surface area contributed by atoms with Crippen molar-refractivity contribution in [3.63, 3.8) is 0 Å². The number of hydrogen-bond donors (Lipinski definition) is 1. The first kappa shape index (κ1) is 25.2. The molecule has 0 amide bonds.